The molecule has 4 atom stereocenters. The Balaban J connectivity index is 2.02. The highest BCUT2D eigenvalue weighted by molar-refractivity contribution is 5.66. The maximum absolute atomic E-state index is 10.7. The number of aliphatic hydroxyl groups excluding tert-OH is 2. The third-order valence-electron chi connectivity index (χ3n) is 3.36. The van der Waals surface area contributed by atoms with E-state index in [4.69, 9.17) is 9.84 Å². The van der Waals surface area contributed by atoms with Crippen LogP contribution in [0.25, 0.3) is 0 Å². The third-order valence-corrected chi connectivity index (χ3v) is 3.36. The predicted molar refractivity (Wildman–Crippen MR) is 43.8 cm³/mol. The molecule has 4 nitrogen and oxygen atoms in total. The third kappa shape index (κ3) is 1.16. The van der Waals surface area contributed by atoms with E-state index in [1.165, 1.54) is 6.92 Å². The molecule has 0 unspecified atom stereocenters. The smallest absolute Gasteiger partial charge is 0.302 e. The van der Waals surface area contributed by atoms with Crippen molar-refractivity contribution in [3.63, 3.8) is 0 Å². The SMILES string of the molecule is CC(=O)O[C@@H]1C[C@H](O)[C@@]2(CO)C[C@H]12. The molecule has 0 aromatic carbocycles. The number of hydrogen-bond acceptors (Lipinski definition) is 4. The zero-order chi connectivity index (χ0) is 9.64. The molecule has 0 aliphatic heterocycles. The maximum atomic E-state index is 10.7. The van der Waals surface area contributed by atoms with Gasteiger partial charge in [0.05, 0.1) is 12.7 Å². The number of ether oxygens (including phenoxy) is 1. The van der Waals surface area contributed by atoms with Crippen molar-refractivity contribution in [1.82, 2.24) is 0 Å². The van der Waals surface area contributed by atoms with E-state index in [-0.39, 0.29) is 30.0 Å². The molecule has 2 saturated carbocycles. The van der Waals surface area contributed by atoms with E-state index in [0.29, 0.717) is 6.42 Å². The summed E-state index contributed by atoms with van der Waals surface area (Å²) in [5, 5.41) is 18.7. The summed E-state index contributed by atoms with van der Waals surface area (Å²) in [4.78, 5) is 10.7. The first-order valence-corrected chi connectivity index (χ1v) is 4.56. The van der Waals surface area contributed by atoms with Crippen LogP contribution in [0.4, 0.5) is 0 Å². The Morgan fingerprint density at radius 1 is 1.69 bits per heavy atom. The monoisotopic (exact) mass is 186 g/mol. The molecule has 0 aromatic rings. The Kier molecular flexibility index (Phi) is 1.85. The van der Waals surface area contributed by atoms with Gasteiger partial charge in [-0.3, -0.25) is 4.79 Å². The summed E-state index contributed by atoms with van der Waals surface area (Å²) < 4.78 is 5.05. The first-order valence-electron chi connectivity index (χ1n) is 4.56. The van der Waals surface area contributed by atoms with Crippen LogP contribution in [0.2, 0.25) is 0 Å². The lowest BCUT2D eigenvalue weighted by Gasteiger charge is -2.14. The van der Waals surface area contributed by atoms with Gasteiger partial charge in [-0.05, 0) is 6.42 Å². The fourth-order valence-corrected chi connectivity index (χ4v) is 2.48. The summed E-state index contributed by atoms with van der Waals surface area (Å²) in [6.45, 7) is 1.37. The molecule has 2 aliphatic carbocycles. The number of esters is 1. The molecular formula is C9H14O4. The van der Waals surface area contributed by atoms with E-state index in [2.05, 4.69) is 0 Å². The van der Waals surface area contributed by atoms with Gasteiger partial charge < -0.3 is 14.9 Å². The fourth-order valence-electron chi connectivity index (χ4n) is 2.48. The number of hydrogen-bond donors (Lipinski definition) is 2. The van der Waals surface area contributed by atoms with Gasteiger partial charge in [0, 0.05) is 24.7 Å². The van der Waals surface area contributed by atoms with Crippen molar-refractivity contribution in [1.29, 1.82) is 0 Å². The highest BCUT2D eigenvalue weighted by atomic mass is 16.5. The molecule has 0 amide bonds. The lowest BCUT2D eigenvalue weighted by atomic mass is 10.0. The van der Waals surface area contributed by atoms with E-state index in [1.807, 2.05) is 0 Å². The van der Waals surface area contributed by atoms with E-state index < -0.39 is 6.10 Å². The Morgan fingerprint density at radius 3 is 2.77 bits per heavy atom. The van der Waals surface area contributed by atoms with Gasteiger partial charge in [0.15, 0.2) is 0 Å². The van der Waals surface area contributed by atoms with Crippen LogP contribution >= 0.6 is 0 Å². The maximum Gasteiger partial charge on any atom is 0.302 e. The Labute approximate surface area is 76.5 Å². The van der Waals surface area contributed by atoms with Gasteiger partial charge in [0.1, 0.15) is 6.10 Å². The average molecular weight is 186 g/mol. The van der Waals surface area contributed by atoms with Gasteiger partial charge in [-0.25, -0.2) is 0 Å². The molecule has 4 heteroatoms. The normalized spacial score (nSPS) is 47.2. The van der Waals surface area contributed by atoms with Crippen LogP contribution in [0.3, 0.4) is 0 Å². The molecule has 2 rings (SSSR count). The van der Waals surface area contributed by atoms with Crippen LogP contribution in [-0.2, 0) is 9.53 Å². The second kappa shape index (κ2) is 2.69. The summed E-state index contributed by atoms with van der Waals surface area (Å²) >= 11 is 0. The van der Waals surface area contributed by atoms with Crippen molar-refractivity contribution in [2.45, 2.75) is 32.0 Å². The second-order valence-corrected chi connectivity index (χ2v) is 4.10. The topological polar surface area (TPSA) is 66.8 Å². The summed E-state index contributed by atoms with van der Waals surface area (Å²) in [6.07, 6.45) is 0.569. The van der Waals surface area contributed by atoms with Crippen LogP contribution < -0.4 is 0 Å². The molecule has 0 aromatic heterocycles. The van der Waals surface area contributed by atoms with Crippen LogP contribution in [0.5, 0.6) is 0 Å². The molecule has 2 aliphatic rings. The molecule has 0 saturated heterocycles. The molecule has 13 heavy (non-hydrogen) atoms. The number of carbonyl (C=O) groups is 1. The van der Waals surface area contributed by atoms with Crippen LogP contribution in [0.15, 0.2) is 0 Å². The molecule has 0 heterocycles. The van der Waals surface area contributed by atoms with Gasteiger partial charge in [-0.15, -0.1) is 0 Å². The molecule has 0 radical (unpaired) electrons. The molecule has 2 N–H and O–H groups in total. The minimum absolute atomic E-state index is 0.00337. The van der Waals surface area contributed by atoms with Crippen LogP contribution in [-0.4, -0.2) is 35.0 Å². The predicted octanol–water partition coefficient (Wildman–Crippen LogP) is -0.319. The van der Waals surface area contributed by atoms with E-state index >= 15 is 0 Å². The van der Waals surface area contributed by atoms with Crippen molar-refractivity contribution in [3.05, 3.63) is 0 Å². The van der Waals surface area contributed by atoms with Crippen molar-refractivity contribution < 1.29 is 19.7 Å². The molecular weight excluding hydrogens is 172 g/mol. The first kappa shape index (κ1) is 8.97. The highest BCUT2D eigenvalue weighted by Gasteiger charge is 2.67. The first-order chi connectivity index (χ1) is 6.10. The van der Waals surface area contributed by atoms with Crippen LogP contribution in [0.1, 0.15) is 19.8 Å². The number of aliphatic hydroxyl groups is 2. The molecule has 0 spiro atoms. The summed E-state index contributed by atoms with van der Waals surface area (Å²) in [5.41, 5.74) is -0.347. The van der Waals surface area contributed by atoms with Crippen LogP contribution in [0, 0.1) is 11.3 Å². The van der Waals surface area contributed by atoms with E-state index in [9.17, 15) is 9.90 Å². The van der Waals surface area contributed by atoms with Gasteiger partial charge in [-0.1, -0.05) is 0 Å². The minimum atomic E-state index is -0.508. The largest absolute Gasteiger partial charge is 0.462 e. The minimum Gasteiger partial charge on any atom is -0.462 e. The van der Waals surface area contributed by atoms with Crippen molar-refractivity contribution in [2.75, 3.05) is 6.61 Å². The summed E-state index contributed by atoms with van der Waals surface area (Å²) in [7, 11) is 0. The molecule has 2 fully saturated rings. The second-order valence-electron chi connectivity index (χ2n) is 4.10. The Morgan fingerprint density at radius 2 is 2.38 bits per heavy atom. The van der Waals surface area contributed by atoms with Gasteiger partial charge in [-0.2, -0.15) is 0 Å². The summed E-state index contributed by atoms with van der Waals surface area (Å²) in [6, 6.07) is 0. The van der Waals surface area contributed by atoms with E-state index in [1.54, 1.807) is 0 Å². The van der Waals surface area contributed by atoms with Gasteiger partial charge >= 0.3 is 5.97 Å². The number of carbonyl (C=O) groups excluding carboxylic acids is 1. The number of fused-ring (bicyclic) bond motifs is 1. The summed E-state index contributed by atoms with van der Waals surface area (Å²) in [5.74, 6) is -0.130. The molecule has 0 bridgehead atoms. The lowest BCUT2D eigenvalue weighted by molar-refractivity contribution is -0.147. The lowest BCUT2D eigenvalue weighted by Crippen LogP contribution is -2.22. The van der Waals surface area contributed by atoms with Crippen molar-refractivity contribution in [3.8, 4) is 0 Å². The quantitative estimate of drug-likeness (QED) is 0.580. The zero-order valence-electron chi connectivity index (χ0n) is 7.56. The highest BCUT2D eigenvalue weighted by Crippen LogP contribution is 2.63. The number of rotatable bonds is 2. The Bertz CT molecular complexity index is 240. The van der Waals surface area contributed by atoms with Crippen molar-refractivity contribution in [2.24, 2.45) is 11.3 Å². The fraction of sp³-hybridized carbons (Fsp3) is 0.889. The Hall–Kier alpha value is -0.610. The van der Waals surface area contributed by atoms with Gasteiger partial charge in [0.2, 0.25) is 0 Å². The van der Waals surface area contributed by atoms with E-state index in [0.717, 1.165) is 6.42 Å². The molecule has 74 valence electrons. The van der Waals surface area contributed by atoms with Crippen molar-refractivity contribution >= 4 is 5.97 Å². The zero-order valence-corrected chi connectivity index (χ0v) is 7.56. The van der Waals surface area contributed by atoms with Gasteiger partial charge in [0.25, 0.3) is 0 Å². The standard InChI is InChI=1S/C9H14O4/c1-5(11)13-7-2-8(12)9(4-10)3-6(7)9/h6-8,10,12H,2-4H2,1H3/t6-,7-,8+,9-/m1/s1. The average Bonchev–Trinajstić information content (AvgIpc) is 2.72.